The Balaban J connectivity index is 2.09. The predicted molar refractivity (Wildman–Crippen MR) is 79.1 cm³/mol. The summed E-state index contributed by atoms with van der Waals surface area (Å²) in [5.74, 6) is 0.212. The first-order valence-electron chi connectivity index (χ1n) is 7.36. The fourth-order valence-corrected chi connectivity index (χ4v) is 2.42. The molecule has 20 heavy (non-hydrogen) atoms. The summed E-state index contributed by atoms with van der Waals surface area (Å²) in [4.78, 5) is 2.37. The van der Waals surface area contributed by atoms with Crippen LogP contribution in [-0.4, -0.2) is 34.7 Å². The zero-order chi connectivity index (χ0) is 14.7. The topological polar surface area (TPSA) is 43.7 Å². The highest BCUT2D eigenvalue weighted by atomic mass is 19.1. The van der Waals surface area contributed by atoms with Crippen LogP contribution in [0.5, 0.6) is 0 Å². The molecule has 110 valence electrons. The molecule has 1 aliphatic rings. The van der Waals surface area contributed by atoms with Crippen molar-refractivity contribution < 1.29 is 14.4 Å². The smallest absolute Gasteiger partial charge is 0.423 e. The lowest BCUT2D eigenvalue weighted by Crippen LogP contribution is -2.37. The molecule has 1 aromatic rings. The van der Waals surface area contributed by atoms with Crippen LogP contribution < -0.4 is 5.46 Å². The van der Waals surface area contributed by atoms with Gasteiger partial charge < -0.3 is 10.0 Å². The van der Waals surface area contributed by atoms with Gasteiger partial charge in [0, 0.05) is 12.6 Å². The molecule has 0 amide bonds. The van der Waals surface area contributed by atoms with Gasteiger partial charge in [-0.25, -0.2) is 4.39 Å². The van der Waals surface area contributed by atoms with Gasteiger partial charge in [-0.05, 0) is 54.9 Å². The monoisotopic (exact) mass is 279 g/mol. The summed E-state index contributed by atoms with van der Waals surface area (Å²) in [7, 11) is -1.62. The normalized spacial score (nSPS) is 15.2. The maximum Gasteiger partial charge on any atom is 0.488 e. The van der Waals surface area contributed by atoms with Gasteiger partial charge in [-0.15, -0.1) is 0 Å². The number of benzene rings is 1. The van der Waals surface area contributed by atoms with Crippen LogP contribution >= 0.6 is 0 Å². The van der Waals surface area contributed by atoms with Gasteiger partial charge in [-0.2, -0.15) is 0 Å². The maximum atomic E-state index is 13.2. The summed E-state index contributed by atoms with van der Waals surface area (Å²) >= 11 is 0. The SMILES string of the molecule is CC(C)CCN(Cc1ccc(F)cc1B(O)O)C1CC1. The first kappa shape index (κ1) is 15.5. The van der Waals surface area contributed by atoms with Crippen molar-refractivity contribution >= 4 is 12.6 Å². The van der Waals surface area contributed by atoms with Crippen molar-refractivity contribution in [1.82, 2.24) is 4.90 Å². The van der Waals surface area contributed by atoms with E-state index in [9.17, 15) is 14.4 Å². The molecule has 0 aliphatic heterocycles. The Morgan fingerprint density at radius 2 is 2.05 bits per heavy atom. The lowest BCUT2D eigenvalue weighted by molar-refractivity contribution is 0.239. The van der Waals surface area contributed by atoms with Crippen molar-refractivity contribution in [3.8, 4) is 0 Å². The Labute approximate surface area is 120 Å². The van der Waals surface area contributed by atoms with E-state index in [0.29, 0.717) is 18.5 Å². The highest BCUT2D eigenvalue weighted by Gasteiger charge is 2.30. The molecule has 0 spiro atoms. The van der Waals surface area contributed by atoms with Gasteiger partial charge in [0.1, 0.15) is 5.82 Å². The number of nitrogens with zero attached hydrogens (tertiary/aromatic N) is 1. The zero-order valence-electron chi connectivity index (χ0n) is 12.2. The van der Waals surface area contributed by atoms with Crippen LogP contribution in [0.1, 0.15) is 38.7 Å². The van der Waals surface area contributed by atoms with Gasteiger partial charge in [-0.1, -0.05) is 19.9 Å². The fourth-order valence-electron chi connectivity index (χ4n) is 2.42. The molecule has 0 heterocycles. The summed E-state index contributed by atoms with van der Waals surface area (Å²) < 4.78 is 13.2. The van der Waals surface area contributed by atoms with E-state index in [2.05, 4.69) is 18.7 Å². The lowest BCUT2D eigenvalue weighted by Gasteiger charge is -2.24. The molecular weight excluding hydrogens is 256 g/mol. The molecule has 2 rings (SSSR count). The van der Waals surface area contributed by atoms with Gasteiger partial charge in [0.2, 0.25) is 0 Å². The lowest BCUT2D eigenvalue weighted by atomic mass is 9.77. The molecule has 1 saturated carbocycles. The predicted octanol–water partition coefficient (Wildman–Crippen LogP) is 1.52. The van der Waals surface area contributed by atoms with Crippen LogP contribution in [0, 0.1) is 11.7 Å². The van der Waals surface area contributed by atoms with Crippen LogP contribution in [0.2, 0.25) is 0 Å². The second-order valence-electron chi connectivity index (χ2n) is 6.10. The van der Waals surface area contributed by atoms with Crippen molar-refractivity contribution in [2.45, 2.75) is 45.7 Å². The van der Waals surface area contributed by atoms with Crippen LogP contribution in [0.3, 0.4) is 0 Å². The third-order valence-corrected chi connectivity index (χ3v) is 3.82. The van der Waals surface area contributed by atoms with E-state index in [1.54, 1.807) is 6.07 Å². The molecule has 1 aliphatic carbocycles. The zero-order valence-corrected chi connectivity index (χ0v) is 12.2. The van der Waals surface area contributed by atoms with Crippen molar-refractivity contribution in [1.29, 1.82) is 0 Å². The van der Waals surface area contributed by atoms with Gasteiger partial charge in [0.05, 0.1) is 0 Å². The molecule has 0 radical (unpaired) electrons. The molecule has 2 N–H and O–H groups in total. The second-order valence-corrected chi connectivity index (χ2v) is 6.10. The molecular formula is C15H23BFNO2. The van der Waals surface area contributed by atoms with Gasteiger partial charge in [0.25, 0.3) is 0 Å². The first-order chi connectivity index (χ1) is 9.47. The summed E-state index contributed by atoms with van der Waals surface area (Å²) in [5.41, 5.74) is 1.08. The minimum absolute atomic E-state index is 0.278. The average Bonchev–Trinajstić information content (AvgIpc) is 3.19. The van der Waals surface area contributed by atoms with E-state index >= 15 is 0 Å². The molecule has 0 unspecified atom stereocenters. The number of rotatable bonds is 7. The Morgan fingerprint density at radius 3 is 2.60 bits per heavy atom. The molecule has 3 nitrogen and oxygen atoms in total. The number of hydrogen-bond donors (Lipinski definition) is 2. The van der Waals surface area contributed by atoms with Gasteiger partial charge in [0.15, 0.2) is 0 Å². The Bertz CT molecular complexity index is 449. The third-order valence-electron chi connectivity index (χ3n) is 3.82. The summed E-state index contributed by atoms with van der Waals surface area (Å²) in [6.07, 6.45) is 3.53. The quantitative estimate of drug-likeness (QED) is 0.744. The summed E-state index contributed by atoms with van der Waals surface area (Å²) in [6.45, 7) is 6.06. The standard InChI is InChI=1S/C15H23BFNO2/c1-11(2)7-8-18(14-5-6-14)10-12-3-4-13(17)9-15(12)16(19)20/h3-4,9,11,14,19-20H,5-8,10H2,1-2H3. The van der Waals surface area contributed by atoms with E-state index in [1.807, 2.05) is 0 Å². The Morgan fingerprint density at radius 1 is 1.35 bits per heavy atom. The minimum Gasteiger partial charge on any atom is -0.423 e. The average molecular weight is 279 g/mol. The van der Waals surface area contributed by atoms with E-state index in [4.69, 9.17) is 0 Å². The summed E-state index contributed by atoms with van der Waals surface area (Å²) in [6, 6.07) is 4.86. The molecule has 0 aromatic heterocycles. The largest absolute Gasteiger partial charge is 0.488 e. The highest BCUT2D eigenvalue weighted by Crippen LogP contribution is 2.28. The molecule has 0 bridgehead atoms. The molecule has 0 atom stereocenters. The molecule has 5 heteroatoms. The van der Waals surface area contributed by atoms with E-state index in [0.717, 1.165) is 18.5 Å². The Kier molecular flexibility index (Phi) is 5.19. The molecule has 0 saturated heterocycles. The van der Waals surface area contributed by atoms with Crippen molar-refractivity contribution in [2.24, 2.45) is 5.92 Å². The van der Waals surface area contributed by atoms with Crippen molar-refractivity contribution in [2.75, 3.05) is 6.54 Å². The van der Waals surface area contributed by atoms with E-state index < -0.39 is 12.9 Å². The van der Waals surface area contributed by atoms with Crippen LogP contribution in [0.4, 0.5) is 4.39 Å². The number of halogens is 1. The van der Waals surface area contributed by atoms with Crippen LogP contribution in [0.25, 0.3) is 0 Å². The molecule has 1 aromatic carbocycles. The second kappa shape index (κ2) is 6.70. The third kappa shape index (κ3) is 4.30. The first-order valence-corrected chi connectivity index (χ1v) is 7.36. The van der Waals surface area contributed by atoms with E-state index in [-0.39, 0.29) is 5.46 Å². The van der Waals surface area contributed by atoms with Crippen molar-refractivity contribution in [3.05, 3.63) is 29.6 Å². The van der Waals surface area contributed by atoms with E-state index in [1.165, 1.54) is 25.0 Å². The number of hydrogen-bond acceptors (Lipinski definition) is 3. The van der Waals surface area contributed by atoms with Gasteiger partial charge >= 0.3 is 7.12 Å². The molecule has 1 fully saturated rings. The Hall–Kier alpha value is -0.905. The minimum atomic E-state index is -1.62. The fraction of sp³-hybridized carbons (Fsp3) is 0.600. The van der Waals surface area contributed by atoms with Crippen LogP contribution in [0.15, 0.2) is 18.2 Å². The maximum absolute atomic E-state index is 13.2. The summed E-state index contributed by atoms with van der Waals surface area (Å²) in [5, 5.41) is 18.8. The van der Waals surface area contributed by atoms with Crippen molar-refractivity contribution in [3.63, 3.8) is 0 Å². The highest BCUT2D eigenvalue weighted by molar-refractivity contribution is 6.59. The van der Waals surface area contributed by atoms with Crippen LogP contribution in [-0.2, 0) is 6.54 Å². The van der Waals surface area contributed by atoms with Gasteiger partial charge in [-0.3, -0.25) is 4.90 Å².